The van der Waals surface area contributed by atoms with Crippen molar-refractivity contribution in [1.82, 2.24) is 10.6 Å². The van der Waals surface area contributed by atoms with Crippen LogP contribution in [-0.4, -0.2) is 60.1 Å². The number of aliphatic carboxylic acids is 2. The van der Waals surface area contributed by atoms with Gasteiger partial charge in [0.1, 0.15) is 6.04 Å². The molecule has 3 saturated carbocycles. The van der Waals surface area contributed by atoms with E-state index in [1.165, 1.54) is 14.2 Å². The van der Waals surface area contributed by atoms with Gasteiger partial charge in [-0.3, -0.25) is 19.2 Å². The lowest BCUT2D eigenvalue weighted by atomic mass is 10.0. The topological polar surface area (TPSA) is 211 Å². The molecule has 0 unspecified atom stereocenters. The van der Waals surface area contributed by atoms with Crippen LogP contribution in [0.5, 0.6) is 0 Å². The van der Waals surface area contributed by atoms with Crippen LogP contribution in [0.3, 0.4) is 0 Å². The van der Waals surface area contributed by atoms with E-state index < -0.39 is 42.0 Å². The van der Waals surface area contributed by atoms with Crippen LogP contribution < -0.4 is 16.4 Å². The van der Waals surface area contributed by atoms with Crippen LogP contribution in [0.2, 0.25) is 0 Å². The molecule has 0 heterocycles. The summed E-state index contributed by atoms with van der Waals surface area (Å²) in [6.07, 6.45) is 11.9. The number of carbonyl (C=O) groups is 6. The molecule has 6 rings (SSSR count). The molecule has 0 aromatic heterocycles. The summed E-state index contributed by atoms with van der Waals surface area (Å²) in [5.74, 6) is -2.66. The first-order valence-electron chi connectivity index (χ1n) is 19.6. The van der Waals surface area contributed by atoms with Gasteiger partial charge in [0.05, 0.1) is 20.1 Å². The third-order valence-electron chi connectivity index (χ3n) is 10.3. The van der Waals surface area contributed by atoms with E-state index in [9.17, 15) is 33.9 Å². The normalized spacial score (nSPS) is 16.7. The highest BCUT2D eigenvalue weighted by molar-refractivity contribution is 5.87. The molecule has 3 aromatic rings. The van der Waals surface area contributed by atoms with Crippen molar-refractivity contribution in [3.63, 3.8) is 0 Å². The van der Waals surface area contributed by atoms with Crippen LogP contribution in [0.1, 0.15) is 112 Å². The molecule has 308 valence electrons. The molecule has 3 fully saturated rings. The molecule has 3 aromatic carbocycles. The molecule has 2 amide bonds. The molecule has 0 aliphatic heterocycles. The Balaban J connectivity index is 0.000000213. The number of esters is 2. The van der Waals surface area contributed by atoms with Crippen LogP contribution >= 0.6 is 0 Å². The Morgan fingerprint density at radius 3 is 1.19 bits per heavy atom. The molecule has 13 heteroatoms. The van der Waals surface area contributed by atoms with Crippen LogP contribution in [0.4, 0.5) is 0 Å². The maximum Gasteiger partial charge on any atom is 0.333 e. The van der Waals surface area contributed by atoms with Crippen molar-refractivity contribution < 1.29 is 48.5 Å². The largest absolute Gasteiger partial charge is 0.481 e. The monoisotopic (exact) mass is 787 g/mol. The highest BCUT2D eigenvalue weighted by atomic mass is 16.5. The molecule has 0 bridgehead atoms. The van der Waals surface area contributed by atoms with Gasteiger partial charge < -0.3 is 36.1 Å². The summed E-state index contributed by atoms with van der Waals surface area (Å²) < 4.78 is 9.28. The number of hydrogen-bond acceptors (Lipinski definition) is 9. The Morgan fingerprint density at radius 1 is 0.526 bits per heavy atom. The van der Waals surface area contributed by atoms with Crippen molar-refractivity contribution in [2.75, 3.05) is 14.2 Å². The van der Waals surface area contributed by atoms with E-state index in [1.807, 2.05) is 54.6 Å². The number of carboxylic acid groups (broad SMARTS) is 2. The number of hydrogen-bond donors (Lipinski definition) is 5. The molecule has 3 aliphatic rings. The van der Waals surface area contributed by atoms with E-state index in [0.717, 1.165) is 88.2 Å². The third-order valence-corrected chi connectivity index (χ3v) is 10.3. The second kappa shape index (κ2) is 24.8. The molecule has 13 nitrogen and oxygen atoms in total. The maximum absolute atomic E-state index is 12.1. The third kappa shape index (κ3) is 15.5. The first kappa shape index (κ1) is 45.8. The van der Waals surface area contributed by atoms with E-state index in [4.69, 9.17) is 15.6 Å². The minimum atomic E-state index is -1.02. The summed E-state index contributed by atoms with van der Waals surface area (Å²) in [6, 6.07) is 24.8. The van der Waals surface area contributed by atoms with Gasteiger partial charge in [0.2, 0.25) is 11.8 Å². The van der Waals surface area contributed by atoms with Gasteiger partial charge in [0.15, 0.2) is 12.1 Å². The SMILES string of the molecule is COC(=O)[C@@H](N)c1ccccc1.COC(=O)[C@@H](NC(=O)C1CCCC1)c1ccccc1.O=C(N[C@H](C(=O)O)c1ccccc1)C1CCCC1.O=C(O)C1CCCC1. The molecule has 3 atom stereocenters. The van der Waals surface area contributed by atoms with E-state index in [1.54, 1.807) is 36.4 Å². The van der Waals surface area contributed by atoms with Crippen molar-refractivity contribution >= 4 is 35.7 Å². The summed E-state index contributed by atoms with van der Waals surface area (Å²) >= 11 is 0. The Bertz CT molecular complexity index is 1690. The number of benzene rings is 3. The van der Waals surface area contributed by atoms with E-state index in [-0.39, 0.29) is 29.6 Å². The van der Waals surface area contributed by atoms with Gasteiger partial charge in [-0.15, -0.1) is 0 Å². The molecule has 0 saturated heterocycles. The van der Waals surface area contributed by atoms with Crippen molar-refractivity contribution in [1.29, 1.82) is 0 Å². The van der Waals surface area contributed by atoms with Crippen molar-refractivity contribution in [3.8, 4) is 0 Å². The number of nitrogens with one attached hydrogen (secondary N) is 2. The number of ether oxygens (including phenoxy) is 2. The average molecular weight is 788 g/mol. The van der Waals surface area contributed by atoms with Crippen LogP contribution in [-0.2, 0) is 38.2 Å². The van der Waals surface area contributed by atoms with E-state index >= 15 is 0 Å². The lowest BCUT2D eigenvalue weighted by Crippen LogP contribution is -2.37. The number of rotatable bonds is 11. The molecular weight excluding hydrogens is 730 g/mol. The summed E-state index contributed by atoms with van der Waals surface area (Å²) in [5, 5.41) is 23.1. The Hall–Kier alpha value is -5.56. The maximum atomic E-state index is 12.1. The number of amides is 2. The summed E-state index contributed by atoms with van der Waals surface area (Å²) in [4.78, 5) is 68.3. The summed E-state index contributed by atoms with van der Waals surface area (Å²) in [5.41, 5.74) is 7.70. The van der Waals surface area contributed by atoms with Crippen molar-refractivity contribution in [2.24, 2.45) is 23.5 Å². The first-order valence-corrected chi connectivity index (χ1v) is 19.6. The molecular formula is C44H57N3O10. The van der Waals surface area contributed by atoms with E-state index in [0.29, 0.717) is 5.56 Å². The number of carboxylic acids is 2. The average Bonchev–Trinajstić information content (AvgIpc) is 4.08. The minimum Gasteiger partial charge on any atom is -0.481 e. The predicted molar refractivity (Wildman–Crippen MR) is 213 cm³/mol. The summed E-state index contributed by atoms with van der Waals surface area (Å²) in [6.45, 7) is 0. The minimum absolute atomic E-state index is 0.0180. The van der Waals surface area contributed by atoms with Crippen LogP contribution in [0.25, 0.3) is 0 Å². The first-order chi connectivity index (χ1) is 27.5. The summed E-state index contributed by atoms with van der Waals surface area (Å²) in [7, 11) is 2.66. The predicted octanol–water partition coefficient (Wildman–Crippen LogP) is 6.45. The fraction of sp³-hybridized carbons (Fsp3) is 0.455. The molecule has 6 N–H and O–H groups in total. The second-order valence-corrected chi connectivity index (χ2v) is 14.3. The highest BCUT2D eigenvalue weighted by Crippen LogP contribution is 2.27. The second-order valence-electron chi connectivity index (χ2n) is 14.3. The van der Waals surface area contributed by atoms with Gasteiger partial charge in [0, 0.05) is 11.8 Å². The molecule has 57 heavy (non-hydrogen) atoms. The Morgan fingerprint density at radius 2 is 0.860 bits per heavy atom. The zero-order chi connectivity index (χ0) is 41.6. The standard InChI is InChI=1S/C15H19NO3.C14H17NO3.C9H11NO2.C6H10O2/c1-19-15(18)13(11-7-3-2-4-8-11)16-14(17)12-9-5-6-10-12;16-13(11-8-4-5-9-11)15-12(14(17)18)10-6-2-1-3-7-10;1-12-9(11)8(10)7-5-3-2-4-6-7;7-6(8)5-3-1-2-4-5/h2-4,7-8,12-13H,5-6,9-10H2,1H3,(H,16,17);1-3,6-7,11-12H,4-5,8-9H2,(H,15,16)(H,17,18);2-6,8H,10H2,1H3;5H,1-4H2,(H,7,8)/t13-;12-;8-;/m000./s1. The van der Waals surface area contributed by atoms with Gasteiger partial charge in [-0.2, -0.15) is 0 Å². The van der Waals surface area contributed by atoms with Gasteiger partial charge in [-0.1, -0.05) is 130 Å². The fourth-order valence-electron chi connectivity index (χ4n) is 6.97. The zero-order valence-electron chi connectivity index (χ0n) is 32.8. The zero-order valence-corrected chi connectivity index (χ0v) is 32.8. The van der Waals surface area contributed by atoms with Crippen molar-refractivity contribution in [2.45, 2.75) is 95.2 Å². The quantitative estimate of drug-likeness (QED) is 0.133. The molecule has 3 aliphatic carbocycles. The fourth-order valence-corrected chi connectivity index (χ4v) is 6.97. The lowest BCUT2D eigenvalue weighted by Gasteiger charge is -2.19. The van der Waals surface area contributed by atoms with Gasteiger partial charge in [-0.25, -0.2) is 9.59 Å². The van der Waals surface area contributed by atoms with Crippen molar-refractivity contribution in [3.05, 3.63) is 108 Å². The number of carbonyl (C=O) groups excluding carboxylic acids is 4. The molecule has 0 spiro atoms. The number of methoxy groups -OCH3 is 2. The lowest BCUT2D eigenvalue weighted by molar-refractivity contribution is -0.146. The van der Waals surface area contributed by atoms with Gasteiger partial charge in [-0.05, 0) is 55.2 Å². The van der Waals surface area contributed by atoms with Gasteiger partial charge in [0.25, 0.3) is 0 Å². The smallest absolute Gasteiger partial charge is 0.333 e. The molecule has 0 radical (unpaired) electrons. The Labute approximate surface area is 334 Å². The van der Waals surface area contributed by atoms with E-state index in [2.05, 4.69) is 15.4 Å². The number of nitrogens with two attached hydrogens (primary N) is 1. The highest BCUT2D eigenvalue weighted by Gasteiger charge is 2.30. The van der Waals surface area contributed by atoms with Crippen LogP contribution in [0, 0.1) is 17.8 Å². The van der Waals surface area contributed by atoms with Gasteiger partial charge >= 0.3 is 23.9 Å². The van der Waals surface area contributed by atoms with Crippen LogP contribution in [0.15, 0.2) is 91.0 Å². The Kier molecular flexibility index (Phi) is 20.0.